The van der Waals surface area contributed by atoms with E-state index in [9.17, 15) is 4.79 Å². The van der Waals surface area contributed by atoms with Crippen LogP contribution in [-0.4, -0.2) is 12.4 Å². The highest BCUT2D eigenvalue weighted by Crippen LogP contribution is 2.14. The Morgan fingerprint density at radius 2 is 1.94 bits per heavy atom. The molecule has 17 heavy (non-hydrogen) atoms. The summed E-state index contributed by atoms with van der Waals surface area (Å²) in [6.07, 6.45) is 1.38. The van der Waals surface area contributed by atoms with Crippen LogP contribution in [0.15, 0.2) is 62.8 Å². The Morgan fingerprint density at radius 1 is 1.12 bits per heavy atom. The van der Waals surface area contributed by atoms with E-state index in [1.807, 2.05) is 30.3 Å². The summed E-state index contributed by atoms with van der Waals surface area (Å²) >= 11 is 1.44. The number of thioether (sulfide) groups is 1. The third-order valence-electron chi connectivity index (χ3n) is 2.06. The largest absolute Gasteiger partial charge is 0.493 e. The van der Waals surface area contributed by atoms with Crippen molar-refractivity contribution in [3.8, 4) is 5.75 Å². The molecule has 2 rings (SSSR count). The number of hydrogen-bond acceptors (Lipinski definition) is 4. The van der Waals surface area contributed by atoms with Gasteiger partial charge in [-0.15, -0.1) is 11.8 Å². The fraction of sp³-hybridized carbons (Fsp3) is 0.154. The Labute approximate surface area is 103 Å². The first kappa shape index (κ1) is 11.8. The van der Waals surface area contributed by atoms with E-state index in [-0.39, 0.29) is 5.63 Å². The lowest BCUT2D eigenvalue weighted by molar-refractivity contribution is 0.344. The molecular weight excluding hydrogens is 236 g/mol. The van der Waals surface area contributed by atoms with Gasteiger partial charge in [-0.3, -0.25) is 0 Å². The molecule has 0 saturated heterocycles. The predicted molar refractivity (Wildman–Crippen MR) is 67.6 cm³/mol. The average Bonchev–Trinajstić information content (AvgIpc) is 2.38. The van der Waals surface area contributed by atoms with E-state index in [0.29, 0.717) is 17.3 Å². The van der Waals surface area contributed by atoms with Crippen LogP contribution in [0.1, 0.15) is 0 Å². The first-order valence-electron chi connectivity index (χ1n) is 5.25. The molecule has 0 N–H and O–H groups in total. The fourth-order valence-electron chi connectivity index (χ4n) is 1.29. The van der Waals surface area contributed by atoms with Crippen LogP contribution in [0.5, 0.6) is 5.75 Å². The van der Waals surface area contributed by atoms with Crippen molar-refractivity contribution in [3.05, 3.63) is 59.1 Å². The number of benzene rings is 1. The standard InChI is InChI=1S/C13H12O3S/c14-13-12(7-4-8-16-13)17-10-9-15-11-5-2-1-3-6-11/h1-8H,9-10H2. The van der Waals surface area contributed by atoms with E-state index >= 15 is 0 Å². The summed E-state index contributed by atoms with van der Waals surface area (Å²) in [7, 11) is 0. The molecule has 0 atom stereocenters. The summed E-state index contributed by atoms with van der Waals surface area (Å²) in [6, 6.07) is 13.1. The van der Waals surface area contributed by atoms with Crippen LogP contribution in [0.2, 0.25) is 0 Å². The lowest BCUT2D eigenvalue weighted by atomic mass is 10.3. The van der Waals surface area contributed by atoms with E-state index in [1.54, 1.807) is 12.1 Å². The highest BCUT2D eigenvalue weighted by molar-refractivity contribution is 7.99. The molecule has 0 saturated carbocycles. The molecule has 0 aliphatic carbocycles. The summed E-state index contributed by atoms with van der Waals surface area (Å²) < 4.78 is 10.3. The molecule has 0 bridgehead atoms. The number of rotatable bonds is 5. The molecule has 2 aromatic rings. The molecule has 0 radical (unpaired) electrons. The average molecular weight is 248 g/mol. The maximum absolute atomic E-state index is 11.3. The Balaban J connectivity index is 1.78. The molecule has 1 aromatic heterocycles. The van der Waals surface area contributed by atoms with Gasteiger partial charge in [-0.25, -0.2) is 4.79 Å². The van der Waals surface area contributed by atoms with Gasteiger partial charge >= 0.3 is 5.63 Å². The highest BCUT2D eigenvalue weighted by atomic mass is 32.2. The predicted octanol–water partition coefficient (Wildman–Crippen LogP) is 2.81. The van der Waals surface area contributed by atoms with Crippen LogP contribution in [-0.2, 0) is 0 Å². The summed E-state index contributed by atoms with van der Waals surface area (Å²) in [6.45, 7) is 0.559. The van der Waals surface area contributed by atoms with E-state index in [1.165, 1.54) is 18.0 Å². The van der Waals surface area contributed by atoms with Crippen molar-refractivity contribution in [2.24, 2.45) is 0 Å². The molecule has 4 heteroatoms. The summed E-state index contributed by atoms with van der Waals surface area (Å²) in [4.78, 5) is 11.9. The minimum Gasteiger partial charge on any atom is -0.493 e. The van der Waals surface area contributed by atoms with Crippen molar-refractivity contribution in [2.45, 2.75) is 4.90 Å². The molecule has 1 aromatic carbocycles. The summed E-state index contributed by atoms with van der Waals surface area (Å²) in [5.41, 5.74) is -0.294. The molecule has 1 heterocycles. The maximum atomic E-state index is 11.3. The maximum Gasteiger partial charge on any atom is 0.349 e. The van der Waals surface area contributed by atoms with Crippen molar-refractivity contribution in [1.82, 2.24) is 0 Å². The second-order valence-corrected chi connectivity index (χ2v) is 4.41. The second-order valence-electron chi connectivity index (χ2n) is 3.27. The zero-order chi connectivity index (χ0) is 11.9. The molecule has 0 spiro atoms. The van der Waals surface area contributed by atoms with Crippen molar-refractivity contribution in [3.63, 3.8) is 0 Å². The van der Waals surface area contributed by atoms with Gasteiger partial charge < -0.3 is 9.15 Å². The number of para-hydroxylation sites is 1. The van der Waals surface area contributed by atoms with Gasteiger partial charge in [-0.1, -0.05) is 18.2 Å². The Hall–Kier alpha value is -1.68. The van der Waals surface area contributed by atoms with Gasteiger partial charge in [0.2, 0.25) is 0 Å². The molecule has 0 unspecified atom stereocenters. The SMILES string of the molecule is O=c1occcc1SCCOc1ccccc1. The molecule has 3 nitrogen and oxygen atoms in total. The van der Waals surface area contributed by atoms with Crippen molar-refractivity contribution in [1.29, 1.82) is 0 Å². The van der Waals surface area contributed by atoms with Gasteiger partial charge in [0.25, 0.3) is 0 Å². The second kappa shape index (κ2) is 6.15. The minimum absolute atomic E-state index is 0.294. The first-order chi connectivity index (χ1) is 8.36. The van der Waals surface area contributed by atoms with Crippen molar-refractivity contribution in [2.75, 3.05) is 12.4 Å². The highest BCUT2D eigenvalue weighted by Gasteiger charge is 2.00. The molecule has 0 fully saturated rings. The quantitative estimate of drug-likeness (QED) is 0.602. The van der Waals surface area contributed by atoms with Crippen LogP contribution < -0.4 is 10.4 Å². The van der Waals surface area contributed by atoms with Crippen molar-refractivity contribution < 1.29 is 9.15 Å². The van der Waals surface area contributed by atoms with Gasteiger partial charge in [-0.05, 0) is 24.3 Å². The van der Waals surface area contributed by atoms with Gasteiger partial charge in [0, 0.05) is 5.75 Å². The van der Waals surface area contributed by atoms with Crippen LogP contribution >= 0.6 is 11.8 Å². The van der Waals surface area contributed by atoms with E-state index in [4.69, 9.17) is 9.15 Å². The topological polar surface area (TPSA) is 39.4 Å². The van der Waals surface area contributed by atoms with Gasteiger partial charge in [-0.2, -0.15) is 0 Å². The molecule has 0 amide bonds. The smallest absolute Gasteiger partial charge is 0.349 e. The fourth-order valence-corrected chi connectivity index (χ4v) is 2.02. The Morgan fingerprint density at radius 3 is 2.71 bits per heavy atom. The minimum atomic E-state index is -0.294. The lowest BCUT2D eigenvalue weighted by Gasteiger charge is -2.04. The number of ether oxygens (including phenoxy) is 1. The van der Waals surface area contributed by atoms with Crippen LogP contribution in [0.3, 0.4) is 0 Å². The van der Waals surface area contributed by atoms with E-state index in [2.05, 4.69) is 0 Å². The zero-order valence-corrected chi connectivity index (χ0v) is 9.98. The van der Waals surface area contributed by atoms with E-state index in [0.717, 1.165) is 5.75 Å². The Kier molecular flexibility index (Phi) is 4.27. The van der Waals surface area contributed by atoms with Gasteiger partial charge in [0.1, 0.15) is 5.75 Å². The van der Waals surface area contributed by atoms with Crippen LogP contribution in [0.25, 0.3) is 0 Å². The molecule has 88 valence electrons. The van der Waals surface area contributed by atoms with Crippen LogP contribution in [0.4, 0.5) is 0 Å². The molecule has 0 aliphatic heterocycles. The van der Waals surface area contributed by atoms with Gasteiger partial charge in [0.15, 0.2) is 0 Å². The van der Waals surface area contributed by atoms with Crippen molar-refractivity contribution >= 4 is 11.8 Å². The normalized spacial score (nSPS) is 10.1. The molecular formula is C13H12O3S. The Bertz CT molecular complexity index is 507. The summed E-state index contributed by atoms with van der Waals surface area (Å²) in [5, 5.41) is 0. The lowest BCUT2D eigenvalue weighted by Crippen LogP contribution is -2.04. The first-order valence-corrected chi connectivity index (χ1v) is 6.23. The number of hydrogen-bond donors (Lipinski definition) is 0. The van der Waals surface area contributed by atoms with E-state index < -0.39 is 0 Å². The third kappa shape index (κ3) is 3.67. The zero-order valence-electron chi connectivity index (χ0n) is 9.17. The van der Waals surface area contributed by atoms with Gasteiger partial charge in [0.05, 0.1) is 17.8 Å². The monoisotopic (exact) mass is 248 g/mol. The third-order valence-corrected chi connectivity index (χ3v) is 3.04. The summed E-state index contributed by atoms with van der Waals surface area (Å²) in [5.74, 6) is 1.55. The van der Waals surface area contributed by atoms with Crippen LogP contribution in [0, 0.1) is 0 Å². The molecule has 0 aliphatic rings.